The molecular weight excluding hydrogens is 562 g/mol. The lowest BCUT2D eigenvalue weighted by Crippen LogP contribution is -2.39. The number of rotatable bonds is 6. The molecule has 4 aromatic carbocycles. The Kier molecular flexibility index (Phi) is 6.33. The fourth-order valence-corrected chi connectivity index (χ4v) is 9.19. The molecule has 4 heteroatoms. The van der Waals surface area contributed by atoms with Gasteiger partial charge in [-0.1, -0.05) is 98.8 Å². The monoisotopic (exact) mass is 603 g/mol. The van der Waals surface area contributed by atoms with Crippen molar-refractivity contribution in [2.45, 2.75) is 56.8 Å². The van der Waals surface area contributed by atoms with Gasteiger partial charge in [0.1, 0.15) is 11.9 Å². The lowest BCUT2D eigenvalue weighted by Gasteiger charge is -2.36. The van der Waals surface area contributed by atoms with Crippen molar-refractivity contribution in [1.29, 1.82) is 0 Å². The maximum Gasteiger partial charge on any atom is 0.129 e. The molecule has 1 aromatic heterocycles. The molecule has 1 aliphatic heterocycles. The molecule has 230 valence electrons. The minimum Gasteiger partial charge on any atom is -0.485 e. The second-order valence-corrected chi connectivity index (χ2v) is 14.1. The summed E-state index contributed by atoms with van der Waals surface area (Å²) in [5.74, 6) is 2.20. The van der Waals surface area contributed by atoms with Gasteiger partial charge < -0.3 is 14.6 Å². The Balaban J connectivity index is 1.15. The second kappa shape index (κ2) is 10.5. The van der Waals surface area contributed by atoms with Crippen LogP contribution >= 0.6 is 0 Å². The highest BCUT2D eigenvalue weighted by Crippen LogP contribution is 2.54. The molecule has 5 atom stereocenters. The van der Waals surface area contributed by atoms with E-state index in [2.05, 4.69) is 144 Å². The summed E-state index contributed by atoms with van der Waals surface area (Å²) in [6.45, 7) is 5.55. The third-order valence-electron chi connectivity index (χ3n) is 11.4. The van der Waals surface area contributed by atoms with Gasteiger partial charge in [-0.05, 0) is 76.8 Å². The zero-order chi connectivity index (χ0) is 31.0. The molecule has 9 rings (SSSR count). The van der Waals surface area contributed by atoms with Gasteiger partial charge >= 0.3 is 0 Å². The summed E-state index contributed by atoms with van der Waals surface area (Å²) in [5.41, 5.74) is 10.7. The Bertz CT molecular complexity index is 2100. The summed E-state index contributed by atoms with van der Waals surface area (Å²) in [6.07, 6.45) is 13.8. The van der Waals surface area contributed by atoms with Crippen LogP contribution in [0.3, 0.4) is 0 Å². The molecule has 2 heterocycles. The van der Waals surface area contributed by atoms with Crippen LogP contribution in [-0.2, 0) is 12.1 Å². The van der Waals surface area contributed by atoms with E-state index in [9.17, 15) is 0 Å². The Labute approximate surface area is 271 Å². The van der Waals surface area contributed by atoms with Gasteiger partial charge in [-0.2, -0.15) is 0 Å². The predicted molar refractivity (Wildman–Crippen MR) is 190 cm³/mol. The first-order valence-corrected chi connectivity index (χ1v) is 16.9. The van der Waals surface area contributed by atoms with E-state index in [1.165, 1.54) is 49.6 Å². The van der Waals surface area contributed by atoms with Crippen LogP contribution in [0.5, 0.6) is 5.75 Å². The molecule has 46 heavy (non-hydrogen) atoms. The van der Waals surface area contributed by atoms with Crippen molar-refractivity contribution >= 4 is 33.1 Å². The van der Waals surface area contributed by atoms with Gasteiger partial charge in [0.25, 0.3) is 0 Å². The van der Waals surface area contributed by atoms with Crippen molar-refractivity contribution in [2.24, 2.45) is 11.8 Å². The van der Waals surface area contributed by atoms with E-state index in [1.807, 2.05) is 7.05 Å². The van der Waals surface area contributed by atoms with Crippen molar-refractivity contribution in [1.82, 2.24) is 9.88 Å². The van der Waals surface area contributed by atoms with E-state index in [0.29, 0.717) is 18.5 Å². The molecule has 3 aliphatic carbocycles. The van der Waals surface area contributed by atoms with E-state index in [0.717, 1.165) is 24.3 Å². The summed E-state index contributed by atoms with van der Waals surface area (Å²) in [4.78, 5) is 0. The fraction of sp³-hybridized carbons (Fsp3) is 0.286. The van der Waals surface area contributed by atoms with E-state index < -0.39 is 0 Å². The highest BCUT2D eigenvalue weighted by atomic mass is 16.5. The Morgan fingerprint density at radius 1 is 0.891 bits per heavy atom. The summed E-state index contributed by atoms with van der Waals surface area (Å²) in [5, 5.41) is 10.3. The number of hydrogen-bond acceptors (Lipinski definition) is 3. The Morgan fingerprint density at radius 3 is 2.61 bits per heavy atom. The van der Waals surface area contributed by atoms with Gasteiger partial charge in [0, 0.05) is 46.9 Å². The number of ether oxygens (including phenoxy) is 1. The molecule has 2 N–H and O–H groups in total. The SMILES string of the molecule is CNc1ccccc1C(NCn1c2ccccc2c2cc3c(cc21)C1C=CC=CC1C3(C)C)C1CCC=C2c3ccccc3OC21. The first-order chi connectivity index (χ1) is 22.5. The molecule has 0 saturated heterocycles. The molecule has 0 fully saturated rings. The molecule has 0 saturated carbocycles. The number of allylic oxidation sites excluding steroid dienone is 5. The summed E-state index contributed by atoms with van der Waals surface area (Å²) in [6, 6.07) is 31.4. The number of benzene rings is 4. The van der Waals surface area contributed by atoms with Crippen LogP contribution in [0.25, 0.3) is 27.4 Å². The average Bonchev–Trinajstić information content (AvgIpc) is 3.70. The zero-order valence-electron chi connectivity index (χ0n) is 26.8. The number of nitrogens with one attached hydrogen (secondary N) is 2. The molecule has 4 aliphatic rings. The van der Waals surface area contributed by atoms with Gasteiger partial charge in [0.15, 0.2) is 0 Å². The number of nitrogens with zero attached hydrogens (tertiary/aromatic N) is 1. The third kappa shape index (κ3) is 4.02. The minimum absolute atomic E-state index is 0.0280. The molecule has 4 nitrogen and oxygen atoms in total. The molecule has 5 unspecified atom stereocenters. The van der Waals surface area contributed by atoms with Crippen molar-refractivity contribution in [3.05, 3.63) is 138 Å². The number of para-hydroxylation sites is 3. The van der Waals surface area contributed by atoms with E-state index >= 15 is 0 Å². The smallest absolute Gasteiger partial charge is 0.129 e. The van der Waals surface area contributed by atoms with Gasteiger partial charge in [0.2, 0.25) is 0 Å². The topological polar surface area (TPSA) is 38.2 Å². The van der Waals surface area contributed by atoms with Gasteiger partial charge in [-0.25, -0.2) is 0 Å². The minimum atomic E-state index is 0.0280. The fourth-order valence-electron chi connectivity index (χ4n) is 9.19. The van der Waals surface area contributed by atoms with Crippen LogP contribution in [0.2, 0.25) is 0 Å². The summed E-state index contributed by atoms with van der Waals surface area (Å²) < 4.78 is 9.27. The van der Waals surface area contributed by atoms with Gasteiger partial charge in [0.05, 0.1) is 17.7 Å². The van der Waals surface area contributed by atoms with Gasteiger partial charge in [-0.3, -0.25) is 5.32 Å². The van der Waals surface area contributed by atoms with Crippen molar-refractivity contribution < 1.29 is 4.74 Å². The van der Waals surface area contributed by atoms with Crippen molar-refractivity contribution in [3.8, 4) is 5.75 Å². The molecule has 0 bridgehead atoms. The van der Waals surface area contributed by atoms with Crippen molar-refractivity contribution in [3.63, 3.8) is 0 Å². The zero-order valence-corrected chi connectivity index (χ0v) is 26.8. The van der Waals surface area contributed by atoms with E-state index in [-0.39, 0.29) is 23.5 Å². The molecule has 0 amide bonds. The quantitative estimate of drug-likeness (QED) is 0.203. The molecule has 0 radical (unpaired) electrons. The lowest BCUT2D eigenvalue weighted by molar-refractivity contribution is 0.149. The number of fused-ring (bicyclic) bond motifs is 9. The Morgan fingerprint density at radius 2 is 1.70 bits per heavy atom. The maximum atomic E-state index is 6.75. The standard InChI is InChI=1S/C42H41N3O/c1-42(2)34-19-8-4-13-26(34)32-24-38-33(23-35(32)42)27-14-6-10-21-37(27)45(38)25-44-40(30-16-5-9-20-36(30)43-3)31-18-12-17-29-28-15-7-11-22-39(28)46-41(29)31/h4-11,13-17,19-24,26,31,34,40-41,43-44H,12,18,25H2,1-3H3. The highest BCUT2D eigenvalue weighted by Gasteiger charge is 2.45. The number of anilines is 1. The van der Waals surface area contributed by atoms with Crippen molar-refractivity contribution in [2.75, 3.05) is 12.4 Å². The van der Waals surface area contributed by atoms with Crippen LogP contribution in [-0.4, -0.2) is 17.7 Å². The molecule has 5 aromatic rings. The Hall–Kier alpha value is -4.54. The summed E-state index contributed by atoms with van der Waals surface area (Å²) in [7, 11) is 2.03. The number of hydrogen-bond donors (Lipinski definition) is 2. The maximum absolute atomic E-state index is 6.75. The summed E-state index contributed by atoms with van der Waals surface area (Å²) >= 11 is 0. The first-order valence-electron chi connectivity index (χ1n) is 16.9. The normalized spacial score (nSPS) is 24.2. The largest absolute Gasteiger partial charge is 0.485 e. The van der Waals surface area contributed by atoms with Crippen LogP contribution in [0.4, 0.5) is 5.69 Å². The average molecular weight is 604 g/mol. The predicted octanol–water partition coefficient (Wildman–Crippen LogP) is 9.50. The van der Waals surface area contributed by atoms with E-state index in [4.69, 9.17) is 4.74 Å². The number of aromatic nitrogens is 1. The van der Waals surface area contributed by atoms with E-state index in [1.54, 1.807) is 0 Å². The van der Waals surface area contributed by atoms with Crippen LogP contribution < -0.4 is 15.4 Å². The van der Waals surface area contributed by atoms with Gasteiger partial charge in [-0.15, -0.1) is 0 Å². The molecular formula is C42H41N3O. The first kappa shape index (κ1) is 27.7. The highest BCUT2D eigenvalue weighted by molar-refractivity contribution is 6.08. The van der Waals surface area contributed by atoms with Crippen LogP contribution in [0, 0.1) is 11.8 Å². The third-order valence-corrected chi connectivity index (χ3v) is 11.4. The second-order valence-electron chi connectivity index (χ2n) is 14.1. The van der Waals surface area contributed by atoms with Crippen LogP contribution in [0.15, 0.2) is 115 Å². The molecule has 0 spiro atoms. The van der Waals surface area contributed by atoms with Crippen LogP contribution in [0.1, 0.15) is 60.9 Å². The lowest BCUT2D eigenvalue weighted by atomic mass is 9.74.